The van der Waals surface area contributed by atoms with Crippen molar-refractivity contribution in [2.45, 2.75) is 46.2 Å². The normalized spacial score (nSPS) is 13.5. The summed E-state index contributed by atoms with van der Waals surface area (Å²) in [6, 6.07) is 9.39. The fourth-order valence-corrected chi connectivity index (χ4v) is 3.30. The summed E-state index contributed by atoms with van der Waals surface area (Å²) in [5.41, 5.74) is 1.01. The van der Waals surface area contributed by atoms with Gasteiger partial charge in [0.05, 0.1) is 20.3 Å². The molecule has 148 valence electrons. The maximum Gasteiger partial charge on any atom is 0.243 e. The lowest BCUT2D eigenvalue weighted by molar-refractivity contribution is -0.125. The first-order valence-corrected chi connectivity index (χ1v) is 9.52. The average Bonchev–Trinajstić information content (AvgIpc) is 3.17. The Morgan fingerprint density at radius 2 is 1.67 bits per heavy atom. The molecule has 0 fully saturated rings. The third kappa shape index (κ3) is 5.28. The second kappa shape index (κ2) is 9.49. The Hall–Kier alpha value is -2.43. The fraction of sp³-hybridized carbons (Fsp3) is 0.500. The molecule has 2 aromatic rings. The number of nitrogens with one attached hydrogen (secondary N) is 1. The predicted molar refractivity (Wildman–Crippen MR) is 108 cm³/mol. The van der Waals surface area contributed by atoms with Gasteiger partial charge in [0.1, 0.15) is 6.04 Å². The summed E-state index contributed by atoms with van der Waals surface area (Å²) >= 11 is 0. The zero-order valence-electron chi connectivity index (χ0n) is 17.2. The zero-order valence-corrected chi connectivity index (χ0v) is 17.2. The van der Waals surface area contributed by atoms with Crippen molar-refractivity contribution < 1.29 is 14.3 Å². The highest BCUT2D eigenvalue weighted by atomic mass is 16.5. The van der Waals surface area contributed by atoms with E-state index < -0.39 is 0 Å². The standard InChI is InChI=1S/C22H32N2O3/c1-15(2)13-18(24-11-7-8-12-24)22(25)23-21(16(3)4)17-9-10-19(26-5)20(14-17)27-6/h7-12,14-16,18,21H,13H2,1-6H3,(H,23,25)/t18-,21+/m1/s1. The van der Waals surface area contributed by atoms with E-state index in [-0.39, 0.29) is 23.9 Å². The van der Waals surface area contributed by atoms with Crippen molar-refractivity contribution in [3.8, 4) is 11.5 Å². The van der Waals surface area contributed by atoms with Crippen molar-refractivity contribution in [2.75, 3.05) is 14.2 Å². The van der Waals surface area contributed by atoms with E-state index >= 15 is 0 Å². The minimum atomic E-state index is -0.221. The van der Waals surface area contributed by atoms with Gasteiger partial charge in [-0.05, 0) is 48.1 Å². The molecular weight excluding hydrogens is 340 g/mol. The molecule has 27 heavy (non-hydrogen) atoms. The molecule has 0 bridgehead atoms. The van der Waals surface area contributed by atoms with Crippen LogP contribution in [0.3, 0.4) is 0 Å². The van der Waals surface area contributed by atoms with Gasteiger partial charge in [-0.2, -0.15) is 0 Å². The number of methoxy groups -OCH3 is 2. The van der Waals surface area contributed by atoms with E-state index in [0.29, 0.717) is 17.4 Å². The summed E-state index contributed by atoms with van der Waals surface area (Å²) in [5.74, 6) is 2.03. The van der Waals surface area contributed by atoms with Gasteiger partial charge in [-0.1, -0.05) is 33.8 Å². The van der Waals surface area contributed by atoms with Crippen molar-refractivity contribution in [2.24, 2.45) is 11.8 Å². The Morgan fingerprint density at radius 3 is 2.19 bits per heavy atom. The molecule has 5 heteroatoms. The first-order chi connectivity index (χ1) is 12.9. The topological polar surface area (TPSA) is 52.5 Å². The van der Waals surface area contributed by atoms with E-state index in [1.54, 1.807) is 14.2 Å². The average molecular weight is 373 g/mol. The van der Waals surface area contributed by atoms with Crippen LogP contribution in [0.5, 0.6) is 11.5 Å². The second-order valence-corrected chi connectivity index (χ2v) is 7.62. The summed E-state index contributed by atoms with van der Waals surface area (Å²) < 4.78 is 12.7. The lowest BCUT2D eigenvalue weighted by Crippen LogP contribution is -2.37. The van der Waals surface area contributed by atoms with Crippen LogP contribution in [0.4, 0.5) is 0 Å². The van der Waals surface area contributed by atoms with Gasteiger partial charge in [0, 0.05) is 12.4 Å². The number of hydrogen-bond donors (Lipinski definition) is 1. The summed E-state index contributed by atoms with van der Waals surface area (Å²) in [6.45, 7) is 8.49. The molecule has 2 atom stereocenters. The minimum Gasteiger partial charge on any atom is -0.493 e. The summed E-state index contributed by atoms with van der Waals surface area (Å²) in [5, 5.41) is 3.26. The molecule has 0 aliphatic rings. The molecule has 2 rings (SSSR count). The third-order valence-electron chi connectivity index (χ3n) is 4.72. The van der Waals surface area contributed by atoms with Gasteiger partial charge in [-0.15, -0.1) is 0 Å². The van der Waals surface area contributed by atoms with Gasteiger partial charge in [0.15, 0.2) is 11.5 Å². The lowest BCUT2D eigenvalue weighted by atomic mass is 9.94. The molecule has 0 unspecified atom stereocenters. The predicted octanol–water partition coefficient (Wildman–Crippen LogP) is 4.61. The monoisotopic (exact) mass is 372 g/mol. The third-order valence-corrected chi connectivity index (χ3v) is 4.72. The number of nitrogens with zero attached hydrogens (tertiary/aromatic N) is 1. The van der Waals surface area contributed by atoms with Gasteiger partial charge in [-0.25, -0.2) is 0 Å². The molecule has 1 heterocycles. The van der Waals surface area contributed by atoms with Crippen LogP contribution in [0, 0.1) is 11.8 Å². The molecule has 1 aromatic heterocycles. The number of ether oxygens (including phenoxy) is 2. The van der Waals surface area contributed by atoms with Crippen LogP contribution in [-0.4, -0.2) is 24.7 Å². The molecule has 1 N–H and O–H groups in total. The number of carbonyl (C=O) groups is 1. The number of aromatic nitrogens is 1. The van der Waals surface area contributed by atoms with Crippen LogP contribution in [-0.2, 0) is 4.79 Å². The van der Waals surface area contributed by atoms with Crippen molar-refractivity contribution in [3.05, 3.63) is 48.3 Å². The molecule has 0 aliphatic heterocycles. The Balaban J connectivity index is 2.27. The van der Waals surface area contributed by atoms with Gasteiger partial charge in [-0.3, -0.25) is 4.79 Å². The minimum absolute atomic E-state index is 0.0355. The summed E-state index contributed by atoms with van der Waals surface area (Å²) in [6.07, 6.45) is 4.69. The Bertz CT molecular complexity index is 723. The highest BCUT2D eigenvalue weighted by Crippen LogP contribution is 2.32. The number of amides is 1. The number of hydrogen-bond acceptors (Lipinski definition) is 3. The first kappa shape index (κ1) is 20.9. The number of carbonyl (C=O) groups excluding carboxylic acids is 1. The van der Waals surface area contributed by atoms with Crippen molar-refractivity contribution in [1.82, 2.24) is 9.88 Å². The van der Waals surface area contributed by atoms with Gasteiger partial charge < -0.3 is 19.4 Å². The fourth-order valence-electron chi connectivity index (χ4n) is 3.30. The number of benzene rings is 1. The largest absolute Gasteiger partial charge is 0.493 e. The smallest absolute Gasteiger partial charge is 0.243 e. The van der Waals surface area contributed by atoms with Crippen LogP contribution in [0.1, 0.15) is 51.8 Å². The molecule has 1 aromatic carbocycles. The van der Waals surface area contributed by atoms with E-state index in [0.717, 1.165) is 12.0 Å². The summed E-state index contributed by atoms with van der Waals surface area (Å²) in [7, 11) is 3.24. The second-order valence-electron chi connectivity index (χ2n) is 7.62. The zero-order chi connectivity index (χ0) is 20.0. The maximum absolute atomic E-state index is 13.2. The molecule has 0 aliphatic carbocycles. The SMILES string of the molecule is COc1ccc([C@@H](NC(=O)[C@@H](CC(C)C)n2cccc2)C(C)C)cc1OC. The molecule has 5 nitrogen and oxygen atoms in total. The molecule has 0 saturated heterocycles. The van der Waals surface area contributed by atoms with Gasteiger partial charge in [0.2, 0.25) is 5.91 Å². The van der Waals surface area contributed by atoms with Crippen LogP contribution in [0.25, 0.3) is 0 Å². The van der Waals surface area contributed by atoms with Crippen LogP contribution < -0.4 is 14.8 Å². The van der Waals surface area contributed by atoms with Gasteiger partial charge >= 0.3 is 0 Å². The molecule has 1 amide bonds. The summed E-state index contributed by atoms with van der Waals surface area (Å²) in [4.78, 5) is 13.2. The number of rotatable bonds is 9. The highest BCUT2D eigenvalue weighted by molar-refractivity contribution is 5.80. The van der Waals surface area contributed by atoms with Crippen molar-refractivity contribution >= 4 is 5.91 Å². The van der Waals surface area contributed by atoms with Crippen molar-refractivity contribution in [1.29, 1.82) is 0 Å². The van der Waals surface area contributed by atoms with E-state index in [1.165, 1.54) is 0 Å². The van der Waals surface area contributed by atoms with E-state index in [1.807, 2.05) is 47.3 Å². The Kier molecular flexibility index (Phi) is 7.34. The molecule has 0 spiro atoms. The van der Waals surface area contributed by atoms with Crippen LogP contribution >= 0.6 is 0 Å². The van der Waals surface area contributed by atoms with Crippen LogP contribution in [0.15, 0.2) is 42.7 Å². The lowest BCUT2D eigenvalue weighted by Gasteiger charge is -2.27. The van der Waals surface area contributed by atoms with E-state index in [2.05, 4.69) is 33.0 Å². The van der Waals surface area contributed by atoms with E-state index in [4.69, 9.17) is 9.47 Å². The first-order valence-electron chi connectivity index (χ1n) is 9.52. The Morgan fingerprint density at radius 1 is 1.04 bits per heavy atom. The quantitative estimate of drug-likeness (QED) is 0.699. The highest BCUT2D eigenvalue weighted by Gasteiger charge is 2.26. The molecule has 0 saturated carbocycles. The van der Waals surface area contributed by atoms with Crippen molar-refractivity contribution in [3.63, 3.8) is 0 Å². The van der Waals surface area contributed by atoms with Crippen LogP contribution in [0.2, 0.25) is 0 Å². The maximum atomic E-state index is 13.2. The van der Waals surface area contributed by atoms with Gasteiger partial charge in [0.25, 0.3) is 0 Å². The van der Waals surface area contributed by atoms with E-state index in [9.17, 15) is 4.79 Å². The molecule has 0 radical (unpaired) electrons. The molecular formula is C22H32N2O3. The Labute approximate surface area is 162 Å².